The van der Waals surface area contributed by atoms with E-state index in [0.717, 1.165) is 48.1 Å². The van der Waals surface area contributed by atoms with Gasteiger partial charge in [0.2, 0.25) is 0 Å². The van der Waals surface area contributed by atoms with Crippen LogP contribution in [-0.4, -0.2) is 0 Å². The molecule has 1 fully saturated rings. The van der Waals surface area contributed by atoms with Crippen molar-refractivity contribution in [3.05, 3.63) is 58.4 Å². The van der Waals surface area contributed by atoms with Gasteiger partial charge in [-0.1, -0.05) is 68.5 Å². The van der Waals surface area contributed by atoms with E-state index in [-0.39, 0.29) is 5.82 Å². The minimum Gasteiger partial charge on any atom is -0.206 e. The summed E-state index contributed by atoms with van der Waals surface area (Å²) in [7, 11) is 0. The molecule has 0 amide bonds. The van der Waals surface area contributed by atoms with Gasteiger partial charge in [-0.2, -0.15) is 0 Å². The van der Waals surface area contributed by atoms with Crippen LogP contribution in [0, 0.1) is 23.6 Å². The molecule has 0 nitrogen and oxygen atoms in total. The molecule has 2 heteroatoms. The number of hydrogen-bond acceptors (Lipinski definition) is 0. The van der Waals surface area contributed by atoms with E-state index in [1.165, 1.54) is 44.1 Å². The van der Waals surface area contributed by atoms with Crippen molar-refractivity contribution in [2.75, 3.05) is 0 Å². The monoisotopic (exact) mass is 384 g/mol. The number of fused-ring (bicyclic) bond motifs is 1. The van der Waals surface area contributed by atoms with E-state index < -0.39 is 0 Å². The number of rotatable bonds is 4. The van der Waals surface area contributed by atoms with Crippen LogP contribution in [0.3, 0.4) is 0 Å². The highest BCUT2D eigenvalue weighted by atomic mass is 35.5. The predicted octanol–water partition coefficient (Wildman–Crippen LogP) is 7.86. The van der Waals surface area contributed by atoms with Gasteiger partial charge in [0.05, 0.1) is 0 Å². The average Bonchev–Trinajstić information content (AvgIpc) is 2.70. The third kappa shape index (κ3) is 4.09. The summed E-state index contributed by atoms with van der Waals surface area (Å²) in [5, 5.41) is 0.689. The van der Waals surface area contributed by atoms with Crippen LogP contribution < -0.4 is 0 Å². The summed E-state index contributed by atoms with van der Waals surface area (Å²) in [4.78, 5) is 0. The number of hydrogen-bond donors (Lipinski definition) is 0. The van der Waals surface area contributed by atoms with E-state index in [1.807, 2.05) is 30.3 Å². The van der Waals surface area contributed by atoms with Crippen LogP contribution in [0.25, 0.3) is 11.1 Å². The van der Waals surface area contributed by atoms with E-state index >= 15 is 4.39 Å². The van der Waals surface area contributed by atoms with Crippen molar-refractivity contribution in [3.63, 3.8) is 0 Å². The molecule has 0 saturated heterocycles. The number of halogens is 2. The first-order valence-electron chi connectivity index (χ1n) is 10.7. The average molecular weight is 385 g/mol. The van der Waals surface area contributed by atoms with Crippen molar-refractivity contribution in [2.24, 2.45) is 17.8 Å². The second kappa shape index (κ2) is 8.35. The van der Waals surface area contributed by atoms with Gasteiger partial charge in [0.25, 0.3) is 0 Å². The van der Waals surface area contributed by atoms with Crippen LogP contribution in [0.2, 0.25) is 5.02 Å². The Labute approximate surface area is 168 Å². The molecule has 2 aliphatic rings. The first-order valence-corrected chi connectivity index (χ1v) is 11.1. The highest BCUT2D eigenvalue weighted by Crippen LogP contribution is 2.42. The van der Waals surface area contributed by atoms with Crippen LogP contribution in [-0.2, 0) is 12.8 Å². The Bertz CT molecular complexity index is 772. The van der Waals surface area contributed by atoms with Crippen LogP contribution in [0.5, 0.6) is 0 Å². The standard InChI is InChI=1S/C25H30ClF/c1-2-3-17-4-6-18(7-5-17)20-10-14-24-21(16-20)11-15-23(25(24)27)19-8-12-22(26)13-9-19/h8-9,11-13,15,17-18,20H,2-7,10,14,16H2,1H3. The zero-order valence-corrected chi connectivity index (χ0v) is 17.1. The van der Waals surface area contributed by atoms with Crippen LogP contribution in [0.4, 0.5) is 4.39 Å². The van der Waals surface area contributed by atoms with Crippen molar-refractivity contribution in [1.29, 1.82) is 0 Å². The van der Waals surface area contributed by atoms with Crippen molar-refractivity contribution >= 4 is 11.6 Å². The van der Waals surface area contributed by atoms with Crippen molar-refractivity contribution in [1.82, 2.24) is 0 Å². The van der Waals surface area contributed by atoms with Gasteiger partial charge in [-0.3, -0.25) is 0 Å². The largest absolute Gasteiger partial charge is 0.206 e. The van der Waals surface area contributed by atoms with Crippen molar-refractivity contribution in [2.45, 2.75) is 64.7 Å². The topological polar surface area (TPSA) is 0 Å². The molecule has 1 unspecified atom stereocenters. The molecule has 0 spiro atoms. The van der Waals surface area contributed by atoms with Gasteiger partial charge in [-0.05, 0) is 78.7 Å². The third-order valence-corrected chi connectivity index (χ3v) is 7.25. The molecular formula is C25H30ClF. The Hall–Kier alpha value is -1.34. The molecular weight excluding hydrogens is 355 g/mol. The Kier molecular flexibility index (Phi) is 5.88. The Morgan fingerprint density at radius 2 is 1.67 bits per heavy atom. The molecule has 0 bridgehead atoms. The van der Waals surface area contributed by atoms with Crippen LogP contribution in [0.1, 0.15) is 63.0 Å². The van der Waals surface area contributed by atoms with Gasteiger partial charge in [-0.25, -0.2) is 4.39 Å². The predicted molar refractivity (Wildman–Crippen MR) is 113 cm³/mol. The maximum absolute atomic E-state index is 15.2. The fourth-order valence-electron chi connectivity index (χ4n) is 5.45. The summed E-state index contributed by atoms with van der Waals surface area (Å²) >= 11 is 5.98. The molecule has 1 saturated carbocycles. The molecule has 0 aliphatic heterocycles. The molecule has 0 N–H and O–H groups in total. The fourth-order valence-corrected chi connectivity index (χ4v) is 5.57. The molecule has 0 radical (unpaired) electrons. The quantitative estimate of drug-likeness (QED) is 0.503. The lowest BCUT2D eigenvalue weighted by Crippen LogP contribution is -2.27. The second-order valence-electron chi connectivity index (χ2n) is 8.64. The zero-order chi connectivity index (χ0) is 18.8. The maximum atomic E-state index is 15.2. The van der Waals surface area contributed by atoms with Gasteiger partial charge in [-0.15, -0.1) is 0 Å². The highest BCUT2D eigenvalue weighted by Gasteiger charge is 2.31. The molecule has 2 aliphatic carbocycles. The lowest BCUT2D eigenvalue weighted by atomic mass is 9.69. The molecule has 4 rings (SSSR count). The van der Waals surface area contributed by atoms with Gasteiger partial charge in [0, 0.05) is 10.6 Å². The Balaban J connectivity index is 1.48. The van der Waals surface area contributed by atoms with E-state index in [2.05, 4.69) is 13.0 Å². The number of benzene rings is 2. The minimum absolute atomic E-state index is 0.0140. The van der Waals surface area contributed by atoms with Crippen molar-refractivity contribution < 1.29 is 4.39 Å². The Morgan fingerprint density at radius 1 is 0.926 bits per heavy atom. The summed E-state index contributed by atoms with van der Waals surface area (Å²) in [6.07, 6.45) is 11.4. The van der Waals surface area contributed by atoms with E-state index in [1.54, 1.807) is 0 Å². The normalized spacial score (nSPS) is 25.2. The molecule has 2 aromatic rings. The van der Waals surface area contributed by atoms with Crippen molar-refractivity contribution in [3.8, 4) is 11.1 Å². The van der Waals surface area contributed by atoms with E-state index in [0.29, 0.717) is 10.6 Å². The SMILES string of the molecule is CCCC1CCC(C2CCc3c(ccc(-c4ccc(Cl)cc4)c3F)C2)CC1. The molecule has 1 atom stereocenters. The van der Waals surface area contributed by atoms with Crippen LogP contribution >= 0.6 is 11.6 Å². The molecule has 27 heavy (non-hydrogen) atoms. The molecule has 0 heterocycles. The highest BCUT2D eigenvalue weighted by molar-refractivity contribution is 6.30. The van der Waals surface area contributed by atoms with Gasteiger partial charge in [0.15, 0.2) is 0 Å². The fraction of sp³-hybridized carbons (Fsp3) is 0.520. The summed E-state index contributed by atoms with van der Waals surface area (Å²) in [6.45, 7) is 2.30. The summed E-state index contributed by atoms with van der Waals surface area (Å²) in [5.74, 6) is 2.55. The van der Waals surface area contributed by atoms with Gasteiger partial charge in [0.1, 0.15) is 5.82 Å². The first-order chi connectivity index (χ1) is 13.2. The van der Waals surface area contributed by atoms with E-state index in [9.17, 15) is 0 Å². The lowest BCUT2D eigenvalue weighted by molar-refractivity contribution is 0.183. The minimum atomic E-state index is -0.0140. The summed E-state index contributed by atoms with van der Waals surface area (Å²) in [5.41, 5.74) is 3.83. The van der Waals surface area contributed by atoms with E-state index in [4.69, 9.17) is 11.6 Å². The second-order valence-corrected chi connectivity index (χ2v) is 9.08. The van der Waals surface area contributed by atoms with Gasteiger partial charge < -0.3 is 0 Å². The van der Waals surface area contributed by atoms with Gasteiger partial charge >= 0.3 is 0 Å². The molecule has 0 aromatic heterocycles. The molecule has 144 valence electrons. The maximum Gasteiger partial charge on any atom is 0.134 e. The smallest absolute Gasteiger partial charge is 0.134 e. The lowest BCUT2D eigenvalue weighted by Gasteiger charge is -2.36. The summed E-state index contributed by atoms with van der Waals surface area (Å²) in [6, 6.07) is 11.6. The third-order valence-electron chi connectivity index (χ3n) is 7.00. The Morgan fingerprint density at radius 3 is 2.37 bits per heavy atom. The zero-order valence-electron chi connectivity index (χ0n) is 16.3. The first kappa shape index (κ1) is 19.0. The van der Waals surface area contributed by atoms with Crippen LogP contribution in [0.15, 0.2) is 36.4 Å². The molecule has 2 aromatic carbocycles. The summed E-state index contributed by atoms with van der Waals surface area (Å²) < 4.78 is 15.2.